The Hall–Kier alpha value is -1.02. The van der Waals surface area contributed by atoms with Crippen LogP contribution in [0, 0.1) is 17.3 Å². The van der Waals surface area contributed by atoms with Crippen LogP contribution in [0.25, 0.3) is 0 Å². The molecule has 4 rings (SSSR count). The Morgan fingerprint density at radius 2 is 2.00 bits per heavy atom. The lowest BCUT2D eigenvalue weighted by atomic mass is 9.55. The SMILES string of the molecule is CC(C)O[C@H]1CC[C@H]2[C@@H]3CCc4cc(O)ccc4C3CC[C@]12C. The molecule has 0 radical (unpaired) electrons. The fourth-order valence-electron chi connectivity index (χ4n) is 6.07. The molecule has 1 aromatic rings. The highest BCUT2D eigenvalue weighted by molar-refractivity contribution is 5.40. The van der Waals surface area contributed by atoms with E-state index in [0.717, 1.165) is 18.3 Å². The lowest BCUT2D eigenvalue weighted by Gasteiger charge is -2.51. The first-order valence-electron chi connectivity index (χ1n) is 9.46. The van der Waals surface area contributed by atoms with E-state index in [9.17, 15) is 5.11 Å². The summed E-state index contributed by atoms with van der Waals surface area (Å²) in [6.45, 7) is 6.84. The molecule has 0 aromatic heterocycles. The van der Waals surface area contributed by atoms with E-state index in [4.69, 9.17) is 4.74 Å². The fraction of sp³-hybridized carbons (Fsp3) is 0.714. The molecule has 0 bridgehead atoms. The van der Waals surface area contributed by atoms with Gasteiger partial charge >= 0.3 is 0 Å². The number of ether oxygens (including phenoxy) is 1. The van der Waals surface area contributed by atoms with Crippen LogP contribution in [-0.2, 0) is 11.2 Å². The van der Waals surface area contributed by atoms with Gasteiger partial charge in [-0.1, -0.05) is 13.0 Å². The maximum Gasteiger partial charge on any atom is 0.115 e. The molecule has 126 valence electrons. The van der Waals surface area contributed by atoms with E-state index >= 15 is 0 Å². The van der Waals surface area contributed by atoms with Gasteiger partial charge in [-0.25, -0.2) is 0 Å². The fourth-order valence-corrected chi connectivity index (χ4v) is 6.07. The summed E-state index contributed by atoms with van der Waals surface area (Å²) in [6.07, 6.45) is 8.36. The monoisotopic (exact) mass is 314 g/mol. The summed E-state index contributed by atoms with van der Waals surface area (Å²) in [5, 5.41) is 9.78. The average Bonchev–Trinajstić information content (AvgIpc) is 2.83. The van der Waals surface area contributed by atoms with Crippen molar-refractivity contribution in [1.82, 2.24) is 0 Å². The van der Waals surface area contributed by atoms with Gasteiger partial charge in [-0.3, -0.25) is 0 Å². The van der Waals surface area contributed by atoms with Crippen molar-refractivity contribution in [3.8, 4) is 5.75 Å². The number of aryl methyl sites for hydroxylation is 1. The molecule has 0 aliphatic heterocycles. The van der Waals surface area contributed by atoms with E-state index in [1.807, 2.05) is 12.1 Å². The summed E-state index contributed by atoms with van der Waals surface area (Å²) in [5.41, 5.74) is 3.29. The second-order valence-electron chi connectivity index (χ2n) is 8.59. The number of aromatic hydroxyl groups is 1. The van der Waals surface area contributed by atoms with E-state index < -0.39 is 0 Å². The van der Waals surface area contributed by atoms with Crippen LogP contribution >= 0.6 is 0 Å². The Kier molecular flexibility index (Phi) is 3.72. The normalized spacial score (nSPS) is 39.0. The second kappa shape index (κ2) is 5.51. The minimum Gasteiger partial charge on any atom is -0.508 e. The van der Waals surface area contributed by atoms with Crippen molar-refractivity contribution in [1.29, 1.82) is 0 Å². The molecule has 1 N–H and O–H groups in total. The van der Waals surface area contributed by atoms with Gasteiger partial charge in [0.2, 0.25) is 0 Å². The molecule has 0 spiro atoms. The minimum atomic E-state index is 0.336. The summed E-state index contributed by atoms with van der Waals surface area (Å²) in [7, 11) is 0. The summed E-state index contributed by atoms with van der Waals surface area (Å²) >= 11 is 0. The third-order valence-corrected chi connectivity index (χ3v) is 7.06. The van der Waals surface area contributed by atoms with Gasteiger partial charge in [0.05, 0.1) is 12.2 Å². The molecule has 1 aromatic carbocycles. The van der Waals surface area contributed by atoms with Gasteiger partial charge in [-0.2, -0.15) is 0 Å². The predicted octanol–water partition coefficient (Wildman–Crippen LogP) is 5.04. The van der Waals surface area contributed by atoms with E-state index in [0.29, 0.717) is 29.3 Å². The standard InChI is InChI=1S/C21H30O2/c1-13(2)23-20-9-8-19-18-6-4-14-12-15(22)5-7-16(14)17(18)10-11-21(19,20)3/h5,7,12-13,17-20,22H,4,6,8-11H2,1-3H3/t17?,18-,19+,20+,21+/m1/s1. The maximum absolute atomic E-state index is 9.78. The van der Waals surface area contributed by atoms with Crippen molar-refractivity contribution in [2.24, 2.45) is 17.3 Å². The van der Waals surface area contributed by atoms with Crippen molar-refractivity contribution in [3.63, 3.8) is 0 Å². The summed E-state index contributed by atoms with van der Waals surface area (Å²) in [5.74, 6) is 2.75. The minimum absolute atomic E-state index is 0.336. The molecular weight excluding hydrogens is 284 g/mol. The van der Waals surface area contributed by atoms with Crippen molar-refractivity contribution < 1.29 is 9.84 Å². The molecule has 2 heteroatoms. The number of phenols is 1. The first-order chi connectivity index (χ1) is 11.0. The van der Waals surface area contributed by atoms with Gasteiger partial charge in [-0.15, -0.1) is 0 Å². The van der Waals surface area contributed by atoms with Crippen LogP contribution in [0.15, 0.2) is 18.2 Å². The van der Waals surface area contributed by atoms with E-state index in [2.05, 4.69) is 26.8 Å². The Balaban J connectivity index is 1.62. The third-order valence-electron chi connectivity index (χ3n) is 7.06. The van der Waals surface area contributed by atoms with Crippen molar-refractivity contribution >= 4 is 0 Å². The first-order valence-corrected chi connectivity index (χ1v) is 9.46. The van der Waals surface area contributed by atoms with Crippen LogP contribution in [-0.4, -0.2) is 17.3 Å². The molecule has 5 atom stereocenters. The summed E-state index contributed by atoms with van der Waals surface area (Å²) in [6, 6.07) is 6.08. The summed E-state index contributed by atoms with van der Waals surface area (Å²) in [4.78, 5) is 0. The second-order valence-corrected chi connectivity index (χ2v) is 8.59. The quantitative estimate of drug-likeness (QED) is 0.828. The Morgan fingerprint density at radius 1 is 1.17 bits per heavy atom. The zero-order chi connectivity index (χ0) is 16.2. The molecule has 0 heterocycles. The summed E-state index contributed by atoms with van der Waals surface area (Å²) < 4.78 is 6.32. The van der Waals surface area contributed by atoms with Crippen LogP contribution in [0.2, 0.25) is 0 Å². The van der Waals surface area contributed by atoms with Gasteiger partial charge in [0.1, 0.15) is 5.75 Å². The van der Waals surface area contributed by atoms with Crippen LogP contribution in [0.4, 0.5) is 0 Å². The number of hydrogen-bond acceptors (Lipinski definition) is 2. The van der Waals surface area contributed by atoms with Crippen LogP contribution < -0.4 is 0 Å². The molecular formula is C21H30O2. The zero-order valence-corrected chi connectivity index (χ0v) is 14.7. The van der Waals surface area contributed by atoms with Gasteiger partial charge in [-0.05, 0) is 98.8 Å². The van der Waals surface area contributed by atoms with Gasteiger partial charge < -0.3 is 9.84 Å². The molecule has 2 fully saturated rings. The highest BCUT2D eigenvalue weighted by Crippen LogP contribution is 2.61. The third kappa shape index (κ3) is 2.41. The van der Waals surface area contributed by atoms with Gasteiger partial charge in [0.25, 0.3) is 0 Å². The molecule has 0 saturated heterocycles. The largest absolute Gasteiger partial charge is 0.508 e. The van der Waals surface area contributed by atoms with Crippen molar-refractivity contribution in [2.45, 2.75) is 77.4 Å². The smallest absolute Gasteiger partial charge is 0.115 e. The zero-order valence-electron chi connectivity index (χ0n) is 14.7. The van der Waals surface area contributed by atoms with Crippen molar-refractivity contribution in [3.05, 3.63) is 29.3 Å². The van der Waals surface area contributed by atoms with Crippen LogP contribution in [0.3, 0.4) is 0 Å². The Labute approximate surface area is 140 Å². The molecule has 2 nitrogen and oxygen atoms in total. The van der Waals surface area contributed by atoms with Gasteiger partial charge in [0, 0.05) is 0 Å². The molecule has 3 aliphatic carbocycles. The number of benzene rings is 1. The van der Waals surface area contributed by atoms with Crippen LogP contribution in [0.1, 0.15) is 69.9 Å². The highest BCUT2D eigenvalue weighted by atomic mass is 16.5. The Morgan fingerprint density at radius 3 is 2.78 bits per heavy atom. The van der Waals surface area contributed by atoms with Gasteiger partial charge in [0.15, 0.2) is 0 Å². The molecule has 2 saturated carbocycles. The van der Waals surface area contributed by atoms with E-state index in [1.54, 1.807) is 0 Å². The topological polar surface area (TPSA) is 29.5 Å². The molecule has 0 amide bonds. The average molecular weight is 314 g/mol. The number of fused-ring (bicyclic) bond motifs is 5. The molecule has 1 unspecified atom stereocenters. The lowest BCUT2D eigenvalue weighted by Crippen LogP contribution is -2.45. The highest BCUT2D eigenvalue weighted by Gasteiger charge is 2.55. The number of hydrogen-bond donors (Lipinski definition) is 1. The maximum atomic E-state index is 9.78. The lowest BCUT2D eigenvalue weighted by molar-refractivity contribution is -0.0860. The molecule has 23 heavy (non-hydrogen) atoms. The van der Waals surface area contributed by atoms with Crippen molar-refractivity contribution in [2.75, 3.05) is 0 Å². The van der Waals surface area contributed by atoms with E-state index in [1.165, 1.54) is 43.2 Å². The predicted molar refractivity (Wildman–Crippen MR) is 92.7 cm³/mol. The number of rotatable bonds is 2. The van der Waals surface area contributed by atoms with E-state index in [-0.39, 0.29) is 0 Å². The molecule has 3 aliphatic rings. The number of phenolic OH excluding ortho intramolecular Hbond substituents is 1. The first kappa shape index (κ1) is 15.5. The van der Waals surface area contributed by atoms with Crippen LogP contribution in [0.5, 0.6) is 5.75 Å². The Bertz CT molecular complexity index is 594.